The molecule has 0 aromatic carbocycles. The first-order chi connectivity index (χ1) is 8.70. The van der Waals surface area contributed by atoms with E-state index in [9.17, 15) is 0 Å². The molecule has 2 saturated carbocycles. The van der Waals surface area contributed by atoms with Crippen LogP contribution in [0.5, 0.6) is 0 Å². The first kappa shape index (κ1) is 12.9. The van der Waals surface area contributed by atoms with Gasteiger partial charge in [0.25, 0.3) is 0 Å². The molecule has 1 heterocycles. The molecule has 3 fully saturated rings. The van der Waals surface area contributed by atoms with E-state index in [4.69, 9.17) is 4.74 Å². The molecule has 1 aliphatic heterocycles. The van der Waals surface area contributed by atoms with Crippen molar-refractivity contribution in [3.05, 3.63) is 0 Å². The molecule has 3 heteroatoms. The number of ether oxygens (including phenoxy) is 1. The number of hydrogen-bond donors (Lipinski definition) is 1. The highest BCUT2D eigenvalue weighted by atomic mass is 16.5. The van der Waals surface area contributed by atoms with Gasteiger partial charge < -0.3 is 10.1 Å². The van der Waals surface area contributed by atoms with Crippen molar-refractivity contribution in [2.24, 2.45) is 5.92 Å². The fourth-order valence-corrected chi connectivity index (χ4v) is 3.57. The third-order valence-electron chi connectivity index (χ3n) is 5.27. The molecular weight excluding hydrogens is 224 g/mol. The lowest BCUT2D eigenvalue weighted by molar-refractivity contribution is -0.0805. The zero-order valence-corrected chi connectivity index (χ0v) is 12.0. The third-order valence-corrected chi connectivity index (χ3v) is 5.27. The van der Waals surface area contributed by atoms with Gasteiger partial charge in [0.2, 0.25) is 0 Å². The van der Waals surface area contributed by atoms with E-state index < -0.39 is 0 Å². The maximum absolute atomic E-state index is 5.71. The molecule has 0 radical (unpaired) electrons. The number of piperidine rings is 1. The van der Waals surface area contributed by atoms with E-state index in [-0.39, 0.29) is 5.60 Å². The maximum atomic E-state index is 5.71. The first-order valence-electron chi connectivity index (χ1n) is 7.73. The highest BCUT2D eigenvalue weighted by molar-refractivity contribution is 4.96. The zero-order valence-electron chi connectivity index (χ0n) is 12.0. The van der Waals surface area contributed by atoms with Crippen molar-refractivity contribution in [1.29, 1.82) is 0 Å². The largest absolute Gasteiger partial charge is 0.377 e. The Labute approximate surface area is 111 Å². The van der Waals surface area contributed by atoms with Gasteiger partial charge in [0.05, 0.1) is 5.60 Å². The zero-order chi connectivity index (χ0) is 12.6. The fraction of sp³-hybridized carbons (Fsp3) is 1.00. The number of nitrogens with zero attached hydrogens (tertiary/aromatic N) is 1. The highest BCUT2D eigenvalue weighted by Crippen LogP contribution is 2.36. The summed E-state index contributed by atoms with van der Waals surface area (Å²) in [5.74, 6) is 0.893. The van der Waals surface area contributed by atoms with Crippen LogP contribution in [0, 0.1) is 5.92 Å². The molecule has 3 rings (SSSR count). The summed E-state index contributed by atoms with van der Waals surface area (Å²) in [6, 6.07) is 1.68. The van der Waals surface area contributed by atoms with Crippen LogP contribution in [0.15, 0.2) is 0 Å². The molecule has 2 aliphatic carbocycles. The third kappa shape index (κ3) is 2.73. The Balaban J connectivity index is 1.50. The summed E-state index contributed by atoms with van der Waals surface area (Å²) in [5.41, 5.74) is 0.0995. The van der Waals surface area contributed by atoms with E-state index in [0.29, 0.717) is 0 Å². The van der Waals surface area contributed by atoms with E-state index in [0.717, 1.165) is 24.5 Å². The monoisotopic (exact) mass is 252 g/mol. The molecule has 1 N–H and O–H groups in total. The summed E-state index contributed by atoms with van der Waals surface area (Å²) in [6.45, 7) is 5.93. The van der Waals surface area contributed by atoms with Crippen molar-refractivity contribution in [1.82, 2.24) is 10.2 Å². The van der Waals surface area contributed by atoms with Gasteiger partial charge in [0, 0.05) is 25.7 Å². The minimum atomic E-state index is 0.0995. The second kappa shape index (κ2) is 5.10. The van der Waals surface area contributed by atoms with Crippen LogP contribution >= 0.6 is 0 Å². The van der Waals surface area contributed by atoms with Crippen molar-refractivity contribution in [2.75, 3.05) is 26.7 Å². The van der Waals surface area contributed by atoms with Crippen LogP contribution in [0.25, 0.3) is 0 Å². The number of nitrogens with one attached hydrogen (secondary N) is 1. The molecule has 18 heavy (non-hydrogen) atoms. The molecule has 0 amide bonds. The van der Waals surface area contributed by atoms with Gasteiger partial charge in [-0.3, -0.25) is 4.90 Å². The fourth-order valence-electron chi connectivity index (χ4n) is 3.57. The predicted octanol–water partition coefficient (Wildman–Crippen LogP) is 2.02. The van der Waals surface area contributed by atoms with Crippen LogP contribution in [-0.4, -0.2) is 49.3 Å². The normalized spacial score (nSPS) is 41.7. The van der Waals surface area contributed by atoms with Crippen LogP contribution in [0.2, 0.25) is 0 Å². The van der Waals surface area contributed by atoms with Crippen molar-refractivity contribution >= 4 is 0 Å². The van der Waals surface area contributed by atoms with E-state index >= 15 is 0 Å². The average molecular weight is 252 g/mol. The number of hydrogen-bond acceptors (Lipinski definition) is 3. The molecule has 3 atom stereocenters. The second-order valence-corrected chi connectivity index (χ2v) is 6.82. The number of rotatable bonds is 5. The smallest absolute Gasteiger partial charge is 0.0777 e. The topological polar surface area (TPSA) is 24.5 Å². The molecular formula is C15H28N2O. The van der Waals surface area contributed by atoms with Gasteiger partial charge in [-0.1, -0.05) is 0 Å². The summed E-state index contributed by atoms with van der Waals surface area (Å²) in [6.07, 6.45) is 8.15. The Hall–Kier alpha value is -0.120. The Kier molecular flexibility index (Phi) is 3.65. The number of likely N-dealkylation sites (tertiary alicyclic amines) is 1. The summed E-state index contributed by atoms with van der Waals surface area (Å²) < 4.78 is 5.71. The molecule has 104 valence electrons. The second-order valence-electron chi connectivity index (χ2n) is 6.82. The Bertz CT molecular complexity index is 292. The first-order valence-corrected chi connectivity index (χ1v) is 7.73. The Morgan fingerprint density at radius 1 is 1.28 bits per heavy atom. The number of methoxy groups -OCH3 is 1. The Morgan fingerprint density at radius 2 is 2.11 bits per heavy atom. The lowest BCUT2D eigenvalue weighted by Gasteiger charge is -2.50. The lowest BCUT2D eigenvalue weighted by atomic mass is 9.76. The molecule has 0 bridgehead atoms. The highest BCUT2D eigenvalue weighted by Gasteiger charge is 2.41. The van der Waals surface area contributed by atoms with Crippen molar-refractivity contribution in [3.63, 3.8) is 0 Å². The average Bonchev–Trinajstić information content (AvgIpc) is 3.12. The van der Waals surface area contributed by atoms with Gasteiger partial charge in [-0.05, 0) is 64.5 Å². The maximum Gasteiger partial charge on any atom is 0.0777 e. The van der Waals surface area contributed by atoms with E-state index in [1.807, 2.05) is 7.11 Å². The predicted molar refractivity (Wildman–Crippen MR) is 73.8 cm³/mol. The SMILES string of the molecule is COC1(C)CCCN(C2CCC2CNC2CC2)C1. The molecule has 3 unspecified atom stereocenters. The Morgan fingerprint density at radius 3 is 2.72 bits per heavy atom. The summed E-state index contributed by atoms with van der Waals surface area (Å²) in [7, 11) is 1.87. The summed E-state index contributed by atoms with van der Waals surface area (Å²) >= 11 is 0. The van der Waals surface area contributed by atoms with Crippen LogP contribution in [-0.2, 0) is 4.74 Å². The summed E-state index contributed by atoms with van der Waals surface area (Å²) in [5, 5.41) is 3.70. The molecule has 3 aliphatic rings. The standard InChI is InChI=1S/C15H28N2O/c1-15(18-2)8-3-9-17(11-15)14-7-4-12(14)10-16-13-5-6-13/h12-14,16H,3-11H2,1-2H3. The van der Waals surface area contributed by atoms with E-state index in [1.54, 1.807) is 0 Å². The van der Waals surface area contributed by atoms with Gasteiger partial charge in [0.1, 0.15) is 0 Å². The van der Waals surface area contributed by atoms with Gasteiger partial charge in [-0.15, -0.1) is 0 Å². The van der Waals surface area contributed by atoms with Crippen molar-refractivity contribution < 1.29 is 4.74 Å². The van der Waals surface area contributed by atoms with Crippen LogP contribution in [0.3, 0.4) is 0 Å². The van der Waals surface area contributed by atoms with Crippen molar-refractivity contribution in [2.45, 2.75) is 63.1 Å². The minimum Gasteiger partial charge on any atom is -0.377 e. The van der Waals surface area contributed by atoms with Crippen LogP contribution in [0.4, 0.5) is 0 Å². The van der Waals surface area contributed by atoms with Gasteiger partial charge in [-0.2, -0.15) is 0 Å². The molecule has 0 aromatic rings. The molecule has 0 aromatic heterocycles. The van der Waals surface area contributed by atoms with Gasteiger partial charge >= 0.3 is 0 Å². The molecule has 0 spiro atoms. The van der Waals surface area contributed by atoms with Gasteiger partial charge in [0.15, 0.2) is 0 Å². The molecule has 1 saturated heterocycles. The minimum absolute atomic E-state index is 0.0995. The van der Waals surface area contributed by atoms with Crippen LogP contribution in [0.1, 0.15) is 45.4 Å². The quantitative estimate of drug-likeness (QED) is 0.810. The van der Waals surface area contributed by atoms with Crippen molar-refractivity contribution in [3.8, 4) is 0 Å². The van der Waals surface area contributed by atoms with Crippen LogP contribution < -0.4 is 5.32 Å². The molecule has 3 nitrogen and oxygen atoms in total. The van der Waals surface area contributed by atoms with E-state index in [2.05, 4.69) is 17.1 Å². The van der Waals surface area contributed by atoms with Gasteiger partial charge in [-0.25, -0.2) is 0 Å². The lowest BCUT2D eigenvalue weighted by Crippen LogP contribution is -2.57. The van der Waals surface area contributed by atoms with E-state index in [1.165, 1.54) is 51.6 Å². The summed E-state index contributed by atoms with van der Waals surface area (Å²) in [4.78, 5) is 2.70.